The Morgan fingerprint density at radius 3 is 2.00 bits per heavy atom. The van der Waals surface area contributed by atoms with Crippen LogP contribution in [0.1, 0.15) is 42.4 Å². The van der Waals surface area contributed by atoms with Crippen LogP contribution in [-0.2, 0) is 6.42 Å². The van der Waals surface area contributed by atoms with Crippen molar-refractivity contribution in [3.05, 3.63) is 69.7 Å². The predicted molar refractivity (Wildman–Crippen MR) is 95.0 cm³/mol. The lowest BCUT2D eigenvalue weighted by atomic mass is 9.91. The molecule has 0 saturated heterocycles. The summed E-state index contributed by atoms with van der Waals surface area (Å²) in [6, 6.07) is 17.8. The first-order chi connectivity index (χ1) is 10.1. The zero-order valence-corrected chi connectivity index (χ0v) is 14.7. The molecule has 0 heterocycles. The number of hydrogen-bond donors (Lipinski definition) is 1. The summed E-state index contributed by atoms with van der Waals surface area (Å²) in [4.78, 5) is 0. The summed E-state index contributed by atoms with van der Waals surface area (Å²) in [5.41, 5.74) is 4.20. The molecule has 0 bridgehead atoms. The van der Waals surface area contributed by atoms with Crippen LogP contribution in [0.3, 0.4) is 0 Å². The lowest BCUT2D eigenvalue weighted by Crippen LogP contribution is -2.19. The molecule has 0 aliphatic heterocycles. The van der Waals surface area contributed by atoms with Crippen molar-refractivity contribution in [1.29, 1.82) is 0 Å². The van der Waals surface area contributed by atoms with Gasteiger partial charge >= 0.3 is 0 Å². The topological polar surface area (TPSA) is 12.0 Å². The van der Waals surface area contributed by atoms with E-state index < -0.39 is 0 Å². The summed E-state index contributed by atoms with van der Waals surface area (Å²) < 4.78 is 1.13. The maximum atomic E-state index is 3.51. The molecule has 1 nitrogen and oxygen atoms in total. The Kier molecular flexibility index (Phi) is 6.01. The van der Waals surface area contributed by atoms with E-state index in [1.54, 1.807) is 0 Å². The predicted octanol–water partition coefficient (Wildman–Crippen LogP) is 5.12. The maximum absolute atomic E-state index is 3.51. The van der Waals surface area contributed by atoms with E-state index in [0.29, 0.717) is 11.8 Å². The van der Waals surface area contributed by atoms with E-state index >= 15 is 0 Å². The van der Waals surface area contributed by atoms with Crippen LogP contribution in [0.2, 0.25) is 0 Å². The van der Waals surface area contributed by atoms with Gasteiger partial charge in [-0.2, -0.15) is 0 Å². The third-order valence-electron chi connectivity index (χ3n) is 3.92. The minimum Gasteiger partial charge on any atom is -0.319 e. The van der Waals surface area contributed by atoms with Gasteiger partial charge in [0.25, 0.3) is 0 Å². The molecule has 112 valence electrons. The monoisotopic (exact) mass is 345 g/mol. The van der Waals surface area contributed by atoms with Crippen LogP contribution in [0.15, 0.2) is 53.0 Å². The lowest BCUT2D eigenvalue weighted by molar-refractivity contribution is 0.625. The molecule has 0 fully saturated rings. The Balaban J connectivity index is 2.13. The molecule has 2 heteroatoms. The largest absolute Gasteiger partial charge is 0.319 e. The first-order valence-corrected chi connectivity index (χ1v) is 8.38. The van der Waals surface area contributed by atoms with Crippen LogP contribution in [0.4, 0.5) is 0 Å². The normalized spacial score (nSPS) is 12.6. The van der Waals surface area contributed by atoms with E-state index in [-0.39, 0.29) is 0 Å². The Hall–Kier alpha value is -1.12. The Morgan fingerprint density at radius 1 is 0.905 bits per heavy atom. The molecule has 0 aliphatic rings. The van der Waals surface area contributed by atoms with Gasteiger partial charge in [-0.1, -0.05) is 66.2 Å². The maximum Gasteiger partial charge on any atom is 0.0175 e. The van der Waals surface area contributed by atoms with Gasteiger partial charge in [-0.25, -0.2) is 0 Å². The van der Waals surface area contributed by atoms with Gasteiger partial charge < -0.3 is 5.32 Å². The highest BCUT2D eigenvalue weighted by molar-refractivity contribution is 9.10. The Morgan fingerprint density at radius 2 is 1.48 bits per heavy atom. The van der Waals surface area contributed by atoms with Crippen LogP contribution in [-0.4, -0.2) is 13.6 Å². The Bertz CT molecular complexity index is 543. The quantitative estimate of drug-likeness (QED) is 0.766. The number of halogens is 1. The fourth-order valence-electron chi connectivity index (χ4n) is 2.61. The highest BCUT2D eigenvalue weighted by Gasteiger charge is 2.12. The van der Waals surface area contributed by atoms with E-state index in [9.17, 15) is 0 Å². The average molecular weight is 346 g/mol. The van der Waals surface area contributed by atoms with E-state index in [4.69, 9.17) is 0 Å². The van der Waals surface area contributed by atoms with Crippen LogP contribution >= 0.6 is 15.9 Å². The number of benzene rings is 2. The van der Waals surface area contributed by atoms with Gasteiger partial charge in [0.05, 0.1) is 0 Å². The fraction of sp³-hybridized carbons (Fsp3) is 0.368. The molecule has 0 spiro atoms. The van der Waals surface area contributed by atoms with Gasteiger partial charge in [0.15, 0.2) is 0 Å². The molecule has 1 atom stereocenters. The zero-order valence-electron chi connectivity index (χ0n) is 13.1. The molecule has 21 heavy (non-hydrogen) atoms. The molecule has 2 aromatic rings. The van der Waals surface area contributed by atoms with Crippen molar-refractivity contribution in [2.24, 2.45) is 0 Å². The summed E-state index contributed by atoms with van der Waals surface area (Å²) in [7, 11) is 2.02. The summed E-state index contributed by atoms with van der Waals surface area (Å²) in [5.74, 6) is 1.10. The summed E-state index contributed by atoms with van der Waals surface area (Å²) >= 11 is 3.51. The van der Waals surface area contributed by atoms with Crippen molar-refractivity contribution in [3.63, 3.8) is 0 Å². The summed E-state index contributed by atoms with van der Waals surface area (Å²) in [5, 5.41) is 3.32. The highest BCUT2D eigenvalue weighted by atomic mass is 79.9. The van der Waals surface area contributed by atoms with Gasteiger partial charge in [0.1, 0.15) is 0 Å². The first kappa shape index (κ1) is 16.3. The summed E-state index contributed by atoms with van der Waals surface area (Å²) in [6.07, 6.45) is 1.07. The Labute approximate surface area is 136 Å². The van der Waals surface area contributed by atoms with Gasteiger partial charge in [-0.05, 0) is 48.2 Å². The number of likely N-dealkylation sites (N-methyl/N-ethyl adjacent to an activating group) is 1. The van der Waals surface area contributed by atoms with Crippen LogP contribution in [0, 0.1) is 0 Å². The molecule has 0 aliphatic carbocycles. The standard InChI is InChI=1S/C19H24BrN/c1-14(2)16-6-4-15(5-7-16)12-18(13-21-3)17-8-10-19(20)11-9-17/h4-11,14,18,21H,12-13H2,1-3H3. The second kappa shape index (κ2) is 7.77. The molecule has 1 unspecified atom stereocenters. The van der Waals surface area contributed by atoms with Crippen molar-refractivity contribution < 1.29 is 0 Å². The van der Waals surface area contributed by atoms with Crippen LogP contribution in [0.25, 0.3) is 0 Å². The fourth-order valence-corrected chi connectivity index (χ4v) is 2.88. The van der Waals surface area contributed by atoms with Gasteiger partial charge in [0, 0.05) is 16.9 Å². The number of rotatable bonds is 6. The van der Waals surface area contributed by atoms with Gasteiger partial charge in [0.2, 0.25) is 0 Å². The highest BCUT2D eigenvalue weighted by Crippen LogP contribution is 2.23. The van der Waals surface area contributed by atoms with Crippen molar-refractivity contribution in [2.75, 3.05) is 13.6 Å². The number of hydrogen-bond acceptors (Lipinski definition) is 1. The SMILES string of the molecule is CNCC(Cc1ccc(C(C)C)cc1)c1ccc(Br)cc1. The third kappa shape index (κ3) is 4.69. The molecule has 2 rings (SSSR count). The molecular formula is C19H24BrN. The van der Waals surface area contributed by atoms with Gasteiger partial charge in [-0.3, -0.25) is 0 Å². The minimum atomic E-state index is 0.507. The number of nitrogens with one attached hydrogen (secondary N) is 1. The van der Waals surface area contributed by atoms with Crippen LogP contribution in [0.5, 0.6) is 0 Å². The molecule has 2 aromatic carbocycles. The first-order valence-electron chi connectivity index (χ1n) is 7.59. The molecule has 0 amide bonds. The smallest absolute Gasteiger partial charge is 0.0175 e. The molecule has 0 aromatic heterocycles. The second-order valence-electron chi connectivity index (χ2n) is 5.91. The molecule has 0 radical (unpaired) electrons. The summed E-state index contributed by atoms with van der Waals surface area (Å²) in [6.45, 7) is 5.47. The molecule has 0 saturated carbocycles. The van der Waals surface area contributed by atoms with Crippen molar-refractivity contribution in [1.82, 2.24) is 5.32 Å². The second-order valence-corrected chi connectivity index (χ2v) is 6.82. The van der Waals surface area contributed by atoms with Crippen molar-refractivity contribution >= 4 is 15.9 Å². The third-order valence-corrected chi connectivity index (χ3v) is 4.45. The van der Waals surface area contributed by atoms with E-state index in [0.717, 1.165) is 17.4 Å². The van der Waals surface area contributed by atoms with Gasteiger partial charge in [-0.15, -0.1) is 0 Å². The van der Waals surface area contributed by atoms with Crippen LogP contribution < -0.4 is 5.32 Å². The minimum absolute atomic E-state index is 0.507. The molecule has 1 N–H and O–H groups in total. The van der Waals surface area contributed by atoms with E-state index in [1.165, 1.54) is 16.7 Å². The molecular weight excluding hydrogens is 322 g/mol. The zero-order chi connectivity index (χ0) is 15.2. The van der Waals surface area contributed by atoms with E-state index in [2.05, 4.69) is 83.6 Å². The van der Waals surface area contributed by atoms with Crippen molar-refractivity contribution in [3.8, 4) is 0 Å². The average Bonchev–Trinajstić information content (AvgIpc) is 2.48. The lowest BCUT2D eigenvalue weighted by Gasteiger charge is -2.18. The van der Waals surface area contributed by atoms with Crippen molar-refractivity contribution in [2.45, 2.75) is 32.1 Å². The van der Waals surface area contributed by atoms with E-state index in [1.807, 2.05) is 7.05 Å².